The summed E-state index contributed by atoms with van der Waals surface area (Å²) in [6.07, 6.45) is 2.46. The van der Waals surface area contributed by atoms with Crippen LogP contribution in [0.4, 0.5) is 5.69 Å². The number of anilines is 1. The number of hydrogen-bond donors (Lipinski definition) is 2. The number of aliphatic carboxylic acids is 1. The predicted octanol–water partition coefficient (Wildman–Crippen LogP) is 3.23. The van der Waals surface area contributed by atoms with Gasteiger partial charge in [0.15, 0.2) is 0 Å². The summed E-state index contributed by atoms with van der Waals surface area (Å²) in [6, 6.07) is 11.8. The molecule has 0 radical (unpaired) electrons. The van der Waals surface area contributed by atoms with E-state index in [9.17, 15) is 24.6 Å². The Morgan fingerprint density at radius 2 is 1.92 bits per heavy atom. The van der Waals surface area contributed by atoms with Crippen molar-refractivity contribution < 1.29 is 29.3 Å². The summed E-state index contributed by atoms with van der Waals surface area (Å²) in [5.74, 6) is -4.11. The van der Waals surface area contributed by atoms with Crippen LogP contribution in [0.2, 0.25) is 0 Å². The Balaban J connectivity index is 1.65. The summed E-state index contributed by atoms with van der Waals surface area (Å²) < 4.78 is 6.49. The summed E-state index contributed by atoms with van der Waals surface area (Å²) in [7, 11) is 0. The number of likely N-dealkylation sites (tertiary alicyclic amines) is 1. The van der Waals surface area contributed by atoms with Crippen molar-refractivity contribution in [1.82, 2.24) is 4.90 Å². The molecule has 0 aliphatic carbocycles. The maximum absolute atomic E-state index is 14.6. The van der Waals surface area contributed by atoms with Gasteiger partial charge in [0, 0.05) is 12.2 Å². The normalized spacial score (nSPS) is 31.1. The van der Waals surface area contributed by atoms with Crippen molar-refractivity contribution in [3.63, 3.8) is 0 Å². The summed E-state index contributed by atoms with van der Waals surface area (Å²) in [5, 5.41) is 22.5. The van der Waals surface area contributed by atoms with Crippen LogP contribution in [0.5, 0.6) is 0 Å². The van der Waals surface area contributed by atoms with Crippen LogP contribution in [-0.2, 0) is 19.1 Å². The summed E-state index contributed by atoms with van der Waals surface area (Å²) in [5.41, 5.74) is -1.66. The topological polar surface area (TPSA) is 107 Å². The Bertz CT molecular complexity index is 1280. The molecule has 8 nitrogen and oxygen atoms in total. The van der Waals surface area contributed by atoms with Gasteiger partial charge in [-0.2, -0.15) is 0 Å². The molecule has 2 unspecified atom stereocenters. The zero-order valence-electron chi connectivity index (χ0n) is 21.5. The van der Waals surface area contributed by atoms with Crippen LogP contribution in [0.25, 0.3) is 10.8 Å². The van der Waals surface area contributed by atoms with Gasteiger partial charge in [-0.25, -0.2) is 0 Å². The van der Waals surface area contributed by atoms with Crippen molar-refractivity contribution in [2.24, 2.45) is 17.8 Å². The van der Waals surface area contributed by atoms with E-state index in [1.807, 2.05) is 56.3 Å². The average molecular weight is 507 g/mol. The molecule has 3 aliphatic heterocycles. The molecule has 6 atom stereocenters. The van der Waals surface area contributed by atoms with Crippen molar-refractivity contribution in [1.29, 1.82) is 0 Å². The number of carbonyl (C=O) groups is 3. The molecule has 3 saturated heterocycles. The maximum atomic E-state index is 14.6. The van der Waals surface area contributed by atoms with E-state index in [1.165, 1.54) is 4.90 Å². The molecule has 196 valence electrons. The minimum Gasteiger partial charge on any atom is -0.481 e. The number of aliphatic hydroxyl groups excluding tert-OH is 1. The van der Waals surface area contributed by atoms with E-state index < -0.39 is 47.0 Å². The first-order chi connectivity index (χ1) is 17.6. The van der Waals surface area contributed by atoms with E-state index in [1.54, 1.807) is 17.9 Å². The smallest absolute Gasteiger partial charge is 0.310 e. The summed E-state index contributed by atoms with van der Waals surface area (Å²) >= 11 is 0. The van der Waals surface area contributed by atoms with Crippen LogP contribution in [0.3, 0.4) is 0 Å². The molecule has 2 amide bonds. The Morgan fingerprint density at radius 3 is 2.54 bits per heavy atom. The van der Waals surface area contributed by atoms with Crippen LogP contribution in [0.15, 0.2) is 55.1 Å². The van der Waals surface area contributed by atoms with Gasteiger partial charge in [-0.1, -0.05) is 50.3 Å². The van der Waals surface area contributed by atoms with Crippen molar-refractivity contribution >= 4 is 34.2 Å². The Morgan fingerprint density at radius 1 is 1.22 bits per heavy atom. The van der Waals surface area contributed by atoms with Crippen molar-refractivity contribution in [2.75, 3.05) is 18.1 Å². The van der Waals surface area contributed by atoms with Gasteiger partial charge in [-0.05, 0) is 48.6 Å². The third-order valence-electron chi connectivity index (χ3n) is 8.65. The van der Waals surface area contributed by atoms with Crippen LogP contribution in [0, 0.1) is 17.8 Å². The molecule has 3 heterocycles. The fraction of sp³-hybridized carbons (Fsp3) is 0.483. The van der Waals surface area contributed by atoms with Gasteiger partial charge in [0.2, 0.25) is 5.91 Å². The minimum atomic E-state index is -1.27. The van der Waals surface area contributed by atoms with Crippen LogP contribution >= 0.6 is 0 Å². The van der Waals surface area contributed by atoms with Crippen molar-refractivity contribution in [2.45, 2.75) is 56.9 Å². The van der Waals surface area contributed by atoms with E-state index in [0.717, 1.165) is 10.8 Å². The summed E-state index contributed by atoms with van der Waals surface area (Å²) in [4.78, 5) is 44.0. The van der Waals surface area contributed by atoms with Gasteiger partial charge < -0.3 is 24.7 Å². The van der Waals surface area contributed by atoms with Gasteiger partial charge in [-0.15, -0.1) is 6.58 Å². The molecule has 3 fully saturated rings. The molecule has 8 heteroatoms. The van der Waals surface area contributed by atoms with Crippen molar-refractivity contribution in [3.05, 3.63) is 55.1 Å². The SMILES string of the molecule is C=CCN(C(=O)C1N([C@@H](CO)C(C)C)C(=O)[C@@H]2[C@@H](C(=O)O)[C@@]3(C)CCC12O3)c1ccc2ccccc2c1. The van der Waals surface area contributed by atoms with E-state index in [4.69, 9.17) is 4.74 Å². The number of rotatable bonds is 8. The highest BCUT2D eigenvalue weighted by atomic mass is 16.5. The molecular formula is C29H34N2O6. The lowest BCUT2D eigenvalue weighted by Gasteiger charge is -2.40. The van der Waals surface area contributed by atoms with E-state index in [0.29, 0.717) is 18.5 Å². The fourth-order valence-corrected chi connectivity index (χ4v) is 6.94. The predicted molar refractivity (Wildman–Crippen MR) is 139 cm³/mol. The average Bonchev–Trinajstić information content (AvgIpc) is 3.43. The van der Waals surface area contributed by atoms with Gasteiger partial charge in [-0.3, -0.25) is 14.4 Å². The second kappa shape index (κ2) is 8.96. The first-order valence-corrected chi connectivity index (χ1v) is 12.9. The second-order valence-corrected chi connectivity index (χ2v) is 11.1. The lowest BCUT2D eigenvalue weighted by Crippen LogP contribution is -2.60. The number of benzene rings is 2. The fourth-order valence-electron chi connectivity index (χ4n) is 6.94. The number of carbonyl (C=O) groups excluding carboxylic acids is 2. The first kappa shape index (κ1) is 25.4. The number of carboxylic acids is 1. The highest BCUT2D eigenvalue weighted by molar-refractivity contribution is 6.05. The van der Waals surface area contributed by atoms with Crippen molar-refractivity contribution in [3.8, 4) is 0 Å². The van der Waals surface area contributed by atoms with Gasteiger partial charge >= 0.3 is 5.97 Å². The lowest BCUT2D eigenvalue weighted by atomic mass is 9.66. The van der Waals surface area contributed by atoms with E-state index in [2.05, 4.69) is 6.58 Å². The quantitative estimate of drug-likeness (QED) is 0.533. The molecule has 2 aromatic carbocycles. The van der Waals surface area contributed by atoms with Crippen LogP contribution < -0.4 is 4.90 Å². The largest absolute Gasteiger partial charge is 0.481 e. The molecule has 3 aliphatic rings. The third-order valence-corrected chi connectivity index (χ3v) is 8.65. The molecule has 37 heavy (non-hydrogen) atoms. The highest BCUT2D eigenvalue weighted by Gasteiger charge is 2.79. The zero-order valence-corrected chi connectivity index (χ0v) is 21.5. The lowest BCUT2D eigenvalue weighted by molar-refractivity contribution is -0.156. The molecular weight excluding hydrogens is 472 g/mol. The molecule has 1 spiro atoms. The number of hydrogen-bond acceptors (Lipinski definition) is 5. The Hall–Kier alpha value is -3.23. The number of aliphatic hydroxyl groups is 1. The Kier molecular flexibility index (Phi) is 6.15. The number of amides is 2. The van der Waals surface area contributed by atoms with Gasteiger partial charge in [0.1, 0.15) is 11.6 Å². The van der Waals surface area contributed by atoms with Gasteiger partial charge in [0.05, 0.1) is 30.1 Å². The minimum absolute atomic E-state index is 0.163. The molecule has 0 aromatic heterocycles. The van der Waals surface area contributed by atoms with E-state index in [-0.39, 0.29) is 25.0 Å². The first-order valence-electron chi connectivity index (χ1n) is 12.9. The number of ether oxygens (including phenoxy) is 1. The molecule has 0 saturated carbocycles. The third kappa shape index (κ3) is 3.61. The molecule has 2 N–H and O–H groups in total. The zero-order chi connectivity index (χ0) is 26.7. The monoisotopic (exact) mass is 506 g/mol. The van der Waals surface area contributed by atoms with Gasteiger partial charge in [0.25, 0.3) is 5.91 Å². The molecule has 5 rings (SSSR count). The standard InChI is InChI=1S/C29H34N2O6/c1-5-14-30(20-11-10-18-8-6-7-9-19(18)15-20)26(34)24-29-13-12-28(4,37-29)23(27(35)36)22(29)25(33)31(24)21(16-32)17(2)3/h5-11,15,17,21-24,32H,1,12-14,16H2,2-4H3,(H,35,36)/t21-,22-,23-,24?,28+,29?/m0/s1. The van der Waals surface area contributed by atoms with E-state index >= 15 is 0 Å². The number of nitrogens with zero attached hydrogens (tertiary/aromatic N) is 2. The van der Waals surface area contributed by atoms with Crippen LogP contribution in [0.1, 0.15) is 33.6 Å². The number of carboxylic acid groups (broad SMARTS) is 1. The number of fused-ring (bicyclic) bond motifs is 2. The van der Waals surface area contributed by atoms with Crippen LogP contribution in [-0.4, -0.2) is 69.3 Å². The highest BCUT2D eigenvalue weighted by Crippen LogP contribution is 2.63. The molecule has 2 bridgehead atoms. The second-order valence-electron chi connectivity index (χ2n) is 11.1. The molecule has 2 aromatic rings. The Labute approximate surface area is 216 Å². The maximum Gasteiger partial charge on any atom is 0.310 e. The summed E-state index contributed by atoms with van der Waals surface area (Å²) in [6.45, 7) is 9.18.